The number of fused-ring (bicyclic) bond motifs is 1. The van der Waals surface area contributed by atoms with Crippen LogP contribution >= 0.6 is 11.3 Å². The van der Waals surface area contributed by atoms with Crippen LogP contribution in [0.15, 0.2) is 6.07 Å². The molecule has 21 heavy (non-hydrogen) atoms. The maximum absolute atomic E-state index is 10.9. The van der Waals surface area contributed by atoms with Crippen molar-refractivity contribution in [1.29, 1.82) is 0 Å². The average Bonchev–Trinajstić information content (AvgIpc) is 3.00. The fraction of sp³-hybridized carbons (Fsp3) is 0.571. The zero-order valence-electron chi connectivity index (χ0n) is 11.9. The summed E-state index contributed by atoms with van der Waals surface area (Å²) in [7, 11) is 0. The molecule has 2 aromatic rings. The quantitative estimate of drug-likeness (QED) is 0.878. The highest BCUT2D eigenvalue weighted by Gasteiger charge is 2.20. The van der Waals surface area contributed by atoms with Crippen molar-refractivity contribution in [2.75, 3.05) is 0 Å². The van der Waals surface area contributed by atoms with E-state index in [2.05, 4.69) is 21.6 Å². The van der Waals surface area contributed by atoms with Crippen LogP contribution in [-0.2, 0) is 17.6 Å². The first-order valence-electron chi connectivity index (χ1n) is 7.27. The van der Waals surface area contributed by atoms with E-state index >= 15 is 0 Å². The standard InChI is InChI=1S/C14H18N4O2S/c1-9(7-13(19)20)18-14(15-16-17-18)12-8-10-5-3-2-4-6-11(10)21-12/h8-9H,2-7H2,1H3,(H,19,20). The Balaban J connectivity index is 1.91. The molecule has 1 unspecified atom stereocenters. The molecule has 0 aromatic carbocycles. The van der Waals surface area contributed by atoms with Gasteiger partial charge in [0.15, 0.2) is 5.82 Å². The summed E-state index contributed by atoms with van der Waals surface area (Å²) in [6.07, 6.45) is 6.05. The van der Waals surface area contributed by atoms with Gasteiger partial charge in [0.2, 0.25) is 0 Å². The Labute approximate surface area is 126 Å². The molecule has 112 valence electrons. The smallest absolute Gasteiger partial charge is 0.305 e. The number of aryl methyl sites for hydroxylation is 2. The van der Waals surface area contributed by atoms with Crippen LogP contribution in [0.4, 0.5) is 0 Å². The Morgan fingerprint density at radius 1 is 1.43 bits per heavy atom. The summed E-state index contributed by atoms with van der Waals surface area (Å²) in [5.74, 6) is -0.160. The third-order valence-corrected chi connectivity index (χ3v) is 5.08. The number of tetrazole rings is 1. The summed E-state index contributed by atoms with van der Waals surface area (Å²) in [5.41, 5.74) is 1.41. The molecule has 0 radical (unpaired) electrons. The first-order valence-corrected chi connectivity index (χ1v) is 8.08. The molecule has 0 aliphatic heterocycles. The number of carboxylic acid groups (broad SMARTS) is 1. The molecule has 3 rings (SSSR count). The first-order chi connectivity index (χ1) is 10.1. The Morgan fingerprint density at radius 3 is 3.05 bits per heavy atom. The number of carbonyl (C=O) groups is 1. The van der Waals surface area contributed by atoms with Gasteiger partial charge in [-0.3, -0.25) is 4.79 Å². The van der Waals surface area contributed by atoms with Gasteiger partial charge in [-0.2, -0.15) is 0 Å². The number of hydrogen-bond donors (Lipinski definition) is 1. The van der Waals surface area contributed by atoms with Gasteiger partial charge in [-0.05, 0) is 54.7 Å². The minimum atomic E-state index is -0.842. The van der Waals surface area contributed by atoms with Gasteiger partial charge >= 0.3 is 5.97 Å². The van der Waals surface area contributed by atoms with E-state index in [1.54, 1.807) is 16.0 Å². The molecule has 2 aromatic heterocycles. The summed E-state index contributed by atoms with van der Waals surface area (Å²) >= 11 is 1.75. The lowest BCUT2D eigenvalue weighted by Crippen LogP contribution is -2.13. The Hall–Kier alpha value is -1.76. The number of rotatable bonds is 4. The largest absolute Gasteiger partial charge is 0.481 e. The lowest BCUT2D eigenvalue weighted by atomic mass is 10.1. The molecule has 7 heteroatoms. The molecule has 2 heterocycles. The second-order valence-corrected chi connectivity index (χ2v) is 6.65. The minimum absolute atomic E-state index is 0.0170. The molecule has 1 N–H and O–H groups in total. The fourth-order valence-electron chi connectivity index (χ4n) is 2.77. The van der Waals surface area contributed by atoms with E-state index < -0.39 is 5.97 Å². The zero-order valence-corrected chi connectivity index (χ0v) is 12.8. The van der Waals surface area contributed by atoms with Crippen LogP contribution in [0.3, 0.4) is 0 Å². The molecular weight excluding hydrogens is 288 g/mol. The molecule has 0 amide bonds. The van der Waals surface area contributed by atoms with Crippen LogP contribution in [0.1, 0.15) is 49.1 Å². The third kappa shape index (κ3) is 2.97. The fourth-order valence-corrected chi connectivity index (χ4v) is 4.00. The normalized spacial score (nSPS) is 16.2. The molecule has 1 aliphatic carbocycles. The summed E-state index contributed by atoms with van der Waals surface area (Å²) in [6, 6.07) is 1.93. The van der Waals surface area contributed by atoms with E-state index in [1.807, 2.05) is 6.92 Å². The summed E-state index contributed by atoms with van der Waals surface area (Å²) in [5, 5.41) is 20.7. The van der Waals surface area contributed by atoms with E-state index in [0.717, 1.165) is 17.7 Å². The first kappa shape index (κ1) is 14.2. The monoisotopic (exact) mass is 306 g/mol. The van der Waals surface area contributed by atoms with Gasteiger partial charge in [-0.15, -0.1) is 16.4 Å². The van der Waals surface area contributed by atoms with Crippen LogP contribution in [-0.4, -0.2) is 31.3 Å². The van der Waals surface area contributed by atoms with E-state index in [4.69, 9.17) is 5.11 Å². The minimum Gasteiger partial charge on any atom is -0.481 e. The molecule has 0 bridgehead atoms. The predicted octanol–water partition coefficient (Wildman–Crippen LogP) is 2.71. The summed E-state index contributed by atoms with van der Waals surface area (Å²) < 4.78 is 1.62. The number of thiophene rings is 1. The van der Waals surface area contributed by atoms with Gasteiger partial charge in [0.25, 0.3) is 0 Å². The Morgan fingerprint density at radius 2 is 2.24 bits per heavy atom. The van der Waals surface area contributed by atoms with Gasteiger partial charge in [0, 0.05) is 4.88 Å². The molecule has 1 aliphatic rings. The van der Waals surface area contributed by atoms with E-state index in [1.165, 1.54) is 29.7 Å². The van der Waals surface area contributed by atoms with Gasteiger partial charge in [-0.25, -0.2) is 4.68 Å². The molecule has 1 atom stereocenters. The second-order valence-electron chi connectivity index (χ2n) is 5.51. The van der Waals surface area contributed by atoms with Crippen LogP contribution in [0, 0.1) is 0 Å². The predicted molar refractivity (Wildman–Crippen MR) is 79.4 cm³/mol. The molecule has 0 saturated carbocycles. The molecule has 0 fully saturated rings. The number of aromatic nitrogens is 4. The van der Waals surface area contributed by atoms with Crippen molar-refractivity contribution in [2.45, 2.75) is 51.5 Å². The highest BCUT2D eigenvalue weighted by Crippen LogP contribution is 2.34. The second kappa shape index (κ2) is 5.93. The highest BCUT2D eigenvalue weighted by molar-refractivity contribution is 7.15. The van der Waals surface area contributed by atoms with Crippen molar-refractivity contribution in [3.63, 3.8) is 0 Å². The Bertz CT molecular complexity index is 626. The molecule has 0 saturated heterocycles. The number of aliphatic carboxylic acids is 1. The average molecular weight is 306 g/mol. The van der Waals surface area contributed by atoms with Crippen LogP contribution in [0.25, 0.3) is 10.7 Å². The lowest BCUT2D eigenvalue weighted by molar-refractivity contribution is -0.137. The SMILES string of the molecule is CC(CC(=O)O)n1nnnc1-c1cc2c(s1)CCCCC2. The molecular formula is C14H18N4O2S. The molecule has 0 spiro atoms. The number of hydrogen-bond acceptors (Lipinski definition) is 5. The van der Waals surface area contributed by atoms with Crippen molar-refractivity contribution in [3.8, 4) is 10.7 Å². The van der Waals surface area contributed by atoms with Crippen LogP contribution < -0.4 is 0 Å². The van der Waals surface area contributed by atoms with Crippen molar-refractivity contribution >= 4 is 17.3 Å². The number of nitrogens with zero attached hydrogens (tertiary/aromatic N) is 4. The van der Waals surface area contributed by atoms with Gasteiger partial charge in [0.05, 0.1) is 17.3 Å². The van der Waals surface area contributed by atoms with Gasteiger partial charge in [-0.1, -0.05) is 6.42 Å². The van der Waals surface area contributed by atoms with E-state index in [-0.39, 0.29) is 12.5 Å². The van der Waals surface area contributed by atoms with Crippen molar-refractivity contribution < 1.29 is 9.90 Å². The van der Waals surface area contributed by atoms with Gasteiger partial charge in [0.1, 0.15) is 0 Å². The lowest BCUT2D eigenvalue weighted by Gasteiger charge is -2.09. The van der Waals surface area contributed by atoms with Crippen molar-refractivity contribution in [2.24, 2.45) is 0 Å². The third-order valence-electron chi connectivity index (χ3n) is 3.85. The zero-order chi connectivity index (χ0) is 14.8. The Kier molecular flexibility index (Phi) is 4.01. The maximum Gasteiger partial charge on any atom is 0.305 e. The van der Waals surface area contributed by atoms with E-state index in [0.29, 0.717) is 5.82 Å². The highest BCUT2D eigenvalue weighted by atomic mass is 32.1. The maximum atomic E-state index is 10.9. The summed E-state index contributed by atoms with van der Waals surface area (Å²) in [6.45, 7) is 1.83. The van der Waals surface area contributed by atoms with Crippen LogP contribution in [0.5, 0.6) is 0 Å². The van der Waals surface area contributed by atoms with Gasteiger partial charge < -0.3 is 5.11 Å². The topological polar surface area (TPSA) is 80.9 Å². The molecule has 6 nitrogen and oxygen atoms in total. The van der Waals surface area contributed by atoms with Crippen molar-refractivity contribution in [3.05, 3.63) is 16.5 Å². The number of carboxylic acids is 1. The van der Waals surface area contributed by atoms with Crippen molar-refractivity contribution in [1.82, 2.24) is 20.2 Å². The summed E-state index contributed by atoms with van der Waals surface area (Å²) in [4.78, 5) is 13.3. The van der Waals surface area contributed by atoms with Crippen LogP contribution in [0.2, 0.25) is 0 Å². The van der Waals surface area contributed by atoms with E-state index in [9.17, 15) is 4.79 Å².